The molecule has 1 atom stereocenters. The summed E-state index contributed by atoms with van der Waals surface area (Å²) in [6, 6.07) is 14.8. The lowest BCUT2D eigenvalue weighted by Gasteiger charge is -2.13. The number of benzene rings is 2. The molecular weight excluding hydrogens is 313 g/mol. The zero-order chi connectivity index (χ0) is 14.5. The van der Waals surface area contributed by atoms with Crippen molar-refractivity contribution in [1.82, 2.24) is 0 Å². The van der Waals surface area contributed by atoms with Crippen LogP contribution in [0.5, 0.6) is 0 Å². The highest BCUT2D eigenvalue weighted by Crippen LogP contribution is 2.28. The van der Waals surface area contributed by atoms with Crippen LogP contribution < -0.4 is 5.32 Å². The summed E-state index contributed by atoms with van der Waals surface area (Å²) in [7, 11) is 0. The normalized spacial score (nSPS) is 11.9. The lowest BCUT2D eigenvalue weighted by atomic mass is 10.3. The molecule has 0 heterocycles. The lowest BCUT2D eigenvalue weighted by molar-refractivity contribution is -0.115. The molecule has 0 unspecified atom stereocenters. The molecule has 5 heteroatoms. The zero-order valence-corrected chi connectivity index (χ0v) is 13.1. The second-order valence-corrected chi connectivity index (χ2v) is 6.44. The van der Waals surface area contributed by atoms with Gasteiger partial charge in [-0.1, -0.05) is 41.4 Å². The third-order valence-electron chi connectivity index (χ3n) is 2.61. The molecule has 0 aromatic heterocycles. The molecule has 0 saturated carbocycles. The minimum absolute atomic E-state index is 0.108. The number of amides is 1. The molecule has 2 aromatic carbocycles. The fraction of sp³-hybridized carbons (Fsp3) is 0.133. The van der Waals surface area contributed by atoms with E-state index < -0.39 is 0 Å². The van der Waals surface area contributed by atoms with Crippen molar-refractivity contribution in [2.45, 2.75) is 17.1 Å². The van der Waals surface area contributed by atoms with Gasteiger partial charge in [0.05, 0.1) is 16.0 Å². The molecule has 2 nitrogen and oxygen atoms in total. The van der Waals surface area contributed by atoms with E-state index in [0.717, 1.165) is 4.90 Å². The molecule has 0 fully saturated rings. The maximum absolute atomic E-state index is 12.1. The first-order valence-corrected chi connectivity index (χ1v) is 7.67. The monoisotopic (exact) mass is 325 g/mol. The number of thioether (sulfide) groups is 1. The summed E-state index contributed by atoms with van der Waals surface area (Å²) in [5.41, 5.74) is 0.532. The number of rotatable bonds is 4. The van der Waals surface area contributed by atoms with Crippen molar-refractivity contribution in [1.29, 1.82) is 0 Å². The average Bonchev–Trinajstić information content (AvgIpc) is 2.44. The molecule has 0 aliphatic carbocycles. The quantitative estimate of drug-likeness (QED) is 0.791. The van der Waals surface area contributed by atoms with Gasteiger partial charge in [0.1, 0.15) is 0 Å². The molecular formula is C15H13Cl2NOS. The SMILES string of the molecule is C[C@H](Sc1ccccc1)C(=O)Nc1cc(Cl)ccc1Cl. The van der Waals surface area contributed by atoms with Gasteiger partial charge in [-0.25, -0.2) is 0 Å². The Balaban J connectivity index is 2.02. The largest absolute Gasteiger partial charge is 0.324 e. The van der Waals surface area contributed by atoms with Crippen LogP contribution in [0.4, 0.5) is 5.69 Å². The molecule has 0 aliphatic rings. The minimum atomic E-state index is -0.229. The van der Waals surface area contributed by atoms with Crippen molar-refractivity contribution in [2.24, 2.45) is 0 Å². The molecule has 2 aromatic rings. The van der Waals surface area contributed by atoms with E-state index in [9.17, 15) is 4.79 Å². The number of anilines is 1. The minimum Gasteiger partial charge on any atom is -0.324 e. The van der Waals surface area contributed by atoms with Crippen LogP contribution in [0, 0.1) is 0 Å². The summed E-state index contributed by atoms with van der Waals surface area (Å²) < 4.78 is 0. The van der Waals surface area contributed by atoms with Gasteiger partial charge in [0, 0.05) is 9.92 Å². The van der Waals surface area contributed by atoms with Gasteiger partial charge in [0.25, 0.3) is 0 Å². The Hall–Kier alpha value is -1.16. The Labute approximate surface area is 132 Å². The Morgan fingerprint density at radius 1 is 1.15 bits per heavy atom. The molecule has 0 spiro atoms. The van der Waals surface area contributed by atoms with E-state index >= 15 is 0 Å². The van der Waals surface area contributed by atoms with Crippen LogP contribution >= 0.6 is 35.0 Å². The first-order chi connectivity index (χ1) is 9.56. The third-order valence-corrected chi connectivity index (χ3v) is 4.29. The van der Waals surface area contributed by atoms with E-state index in [1.54, 1.807) is 18.2 Å². The topological polar surface area (TPSA) is 29.1 Å². The second kappa shape index (κ2) is 7.02. The molecule has 0 bridgehead atoms. The van der Waals surface area contributed by atoms with Gasteiger partial charge in [-0.3, -0.25) is 4.79 Å². The van der Waals surface area contributed by atoms with Crippen LogP contribution in [0.25, 0.3) is 0 Å². The van der Waals surface area contributed by atoms with Crippen molar-refractivity contribution in [2.75, 3.05) is 5.32 Å². The van der Waals surface area contributed by atoms with Crippen molar-refractivity contribution >= 4 is 46.6 Å². The van der Waals surface area contributed by atoms with Crippen molar-refractivity contribution in [3.05, 3.63) is 58.6 Å². The van der Waals surface area contributed by atoms with Crippen molar-refractivity contribution in [3.63, 3.8) is 0 Å². The van der Waals surface area contributed by atoms with Crippen LogP contribution in [0.1, 0.15) is 6.92 Å². The van der Waals surface area contributed by atoms with Gasteiger partial charge in [0.15, 0.2) is 0 Å². The Kier molecular flexibility index (Phi) is 5.35. The smallest absolute Gasteiger partial charge is 0.237 e. The second-order valence-electron chi connectivity index (χ2n) is 4.19. The molecule has 104 valence electrons. The van der Waals surface area contributed by atoms with E-state index in [1.807, 2.05) is 37.3 Å². The lowest BCUT2D eigenvalue weighted by Crippen LogP contribution is -2.22. The van der Waals surface area contributed by atoms with Gasteiger partial charge >= 0.3 is 0 Å². The first-order valence-electron chi connectivity index (χ1n) is 6.04. The summed E-state index contributed by atoms with van der Waals surface area (Å²) in [5, 5.41) is 3.57. The first kappa shape index (κ1) is 15.2. The Morgan fingerprint density at radius 3 is 2.55 bits per heavy atom. The number of nitrogens with one attached hydrogen (secondary N) is 1. The predicted octanol–water partition coefficient (Wildman–Crippen LogP) is 5.11. The van der Waals surface area contributed by atoms with Crippen LogP contribution in [0.15, 0.2) is 53.4 Å². The van der Waals surface area contributed by atoms with Crippen molar-refractivity contribution in [3.8, 4) is 0 Å². The zero-order valence-electron chi connectivity index (χ0n) is 10.8. The van der Waals surface area contributed by atoms with E-state index in [-0.39, 0.29) is 11.2 Å². The summed E-state index contributed by atoms with van der Waals surface area (Å²) in [6.07, 6.45) is 0. The Morgan fingerprint density at radius 2 is 1.85 bits per heavy atom. The summed E-state index contributed by atoms with van der Waals surface area (Å²) >= 11 is 13.4. The van der Waals surface area contributed by atoms with Crippen LogP contribution in [-0.2, 0) is 4.79 Å². The molecule has 0 radical (unpaired) electrons. The van der Waals surface area contributed by atoms with E-state index in [4.69, 9.17) is 23.2 Å². The van der Waals surface area contributed by atoms with Gasteiger partial charge < -0.3 is 5.32 Å². The van der Waals surface area contributed by atoms with Crippen LogP contribution in [-0.4, -0.2) is 11.2 Å². The van der Waals surface area contributed by atoms with E-state index in [1.165, 1.54) is 11.8 Å². The molecule has 1 amide bonds. The number of hydrogen-bond donors (Lipinski definition) is 1. The number of halogens is 2. The van der Waals surface area contributed by atoms with E-state index in [0.29, 0.717) is 15.7 Å². The number of carbonyl (C=O) groups excluding carboxylic acids is 1. The molecule has 2 rings (SSSR count). The molecule has 0 saturated heterocycles. The third kappa shape index (κ3) is 4.17. The maximum Gasteiger partial charge on any atom is 0.237 e. The van der Waals surface area contributed by atoms with Gasteiger partial charge in [-0.2, -0.15) is 0 Å². The maximum atomic E-state index is 12.1. The molecule has 0 aliphatic heterocycles. The fourth-order valence-electron chi connectivity index (χ4n) is 1.58. The Bertz CT molecular complexity index is 604. The average molecular weight is 326 g/mol. The fourth-order valence-corrected chi connectivity index (χ4v) is 2.81. The highest BCUT2D eigenvalue weighted by molar-refractivity contribution is 8.00. The predicted molar refractivity (Wildman–Crippen MR) is 86.9 cm³/mol. The standard InChI is InChI=1S/C15H13Cl2NOS/c1-10(20-12-5-3-2-4-6-12)15(19)18-14-9-11(16)7-8-13(14)17/h2-10H,1H3,(H,18,19)/t10-/m0/s1. The van der Waals surface area contributed by atoms with Crippen LogP contribution in [0.2, 0.25) is 10.0 Å². The van der Waals surface area contributed by atoms with Gasteiger partial charge in [0.2, 0.25) is 5.91 Å². The summed E-state index contributed by atoms with van der Waals surface area (Å²) in [4.78, 5) is 13.2. The summed E-state index contributed by atoms with van der Waals surface area (Å²) in [6.45, 7) is 1.85. The molecule has 1 N–H and O–H groups in total. The summed E-state index contributed by atoms with van der Waals surface area (Å²) in [5.74, 6) is -0.108. The highest BCUT2D eigenvalue weighted by atomic mass is 35.5. The van der Waals surface area contributed by atoms with Crippen molar-refractivity contribution < 1.29 is 4.79 Å². The van der Waals surface area contributed by atoms with E-state index in [2.05, 4.69) is 5.32 Å². The number of hydrogen-bond acceptors (Lipinski definition) is 2. The highest BCUT2D eigenvalue weighted by Gasteiger charge is 2.15. The van der Waals surface area contributed by atoms with Crippen LogP contribution in [0.3, 0.4) is 0 Å². The van der Waals surface area contributed by atoms with Gasteiger partial charge in [-0.15, -0.1) is 11.8 Å². The molecule has 20 heavy (non-hydrogen) atoms. The van der Waals surface area contributed by atoms with Gasteiger partial charge in [-0.05, 0) is 37.3 Å². The number of carbonyl (C=O) groups is 1.